The molecule has 0 N–H and O–H groups in total. The first kappa shape index (κ1) is 53.2. The molecule has 0 saturated carbocycles. The summed E-state index contributed by atoms with van der Waals surface area (Å²) in [5.74, 6) is 1.80. The van der Waals surface area contributed by atoms with Gasteiger partial charge in [-0.05, 0) is 140 Å². The number of para-hydroxylation sites is 5. The van der Waals surface area contributed by atoms with Gasteiger partial charge in [0.25, 0.3) is 0 Å². The number of hydrogen-bond donors (Lipinski definition) is 0. The van der Waals surface area contributed by atoms with Crippen molar-refractivity contribution in [3.63, 3.8) is 0 Å². The Bertz CT molecular complexity index is 5130. The molecule has 0 aliphatic heterocycles. The summed E-state index contributed by atoms with van der Waals surface area (Å²) in [5.41, 5.74) is 18.8. The van der Waals surface area contributed by atoms with Gasteiger partial charge in [0.2, 0.25) is 0 Å². The van der Waals surface area contributed by atoms with E-state index in [-0.39, 0.29) is 21.7 Å². The summed E-state index contributed by atoms with van der Waals surface area (Å²) in [5, 5.41) is 8.75. The van der Waals surface area contributed by atoms with Gasteiger partial charge in [0.05, 0.1) is 44.2 Å². The highest BCUT2D eigenvalue weighted by Gasteiger charge is 2.29. The van der Waals surface area contributed by atoms with Crippen LogP contribution < -0.4 is 0 Å². The van der Waals surface area contributed by atoms with Gasteiger partial charge >= 0.3 is 0 Å². The molecule has 0 aliphatic rings. The monoisotopic (exact) mass is 1120 g/mol. The Kier molecular flexibility index (Phi) is 11.7. The van der Waals surface area contributed by atoms with Crippen LogP contribution in [0.25, 0.3) is 144 Å². The SMILES string of the molecule is CC(C)(C)c1cc(-c2nc(-c3cc(C(C)(C)C)cc(C(C)(C)C)c3)nc(-c3cc(-c4ccccc4-n4c5ccccc5c5c6oc7ccccc7c6ccc54)ccc3-n3c4ccccc4c4c5oc6ccccc6c5ccc43)n2)cc(C(C)(C)C)c1. The van der Waals surface area contributed by atoms with E-state index < -0.39 is 0 Å². The van der Waals surface area contributed by atoms with Crippen LogP contribution in [0.4, 0.5) is 0 Å². The summed E-state index contributed by atoms with van der Waals surface area (Å²) in [6.07, 6.45) is 0. The highest BCUT2D eigenvalue weighted by atomic mass is 16.3. The van der Waals surface area contributed by atoms with E-state index in [0.717, 1.165) is 127 Å². The third kappa shape index (κ3) is 8.56. The zero-order chi connectivity index (χ0) is 59.3. The fourth-order valence-electron chi connectivity index (χ4n) is 13.0. The summed E-state index contributed by atoms with van der Waals surface area (Å²) in [6, 6.07) is 72.6. The highest BCUT2D eigenvalue weighted by molar-refractivity contribution is 6.25. The highest BCUT2D eigenvalue weighted by Crippen LogP contribution is 2.47. The van der Waals surface area contributed by atoms with Crippen LogP contribution in [0.5, 0.6) is 0 Å². The normalized spacial score (nSPS) is 12.9. The molecular weight excluding hydrogens is 1050 g/mol. The average molecular weight is 1120 g/mol. The summed E-state index contributed by atoms with van der Waals surface area (Å²) < 4.78 is 18.5. The standard InChI is InChI=1S/C79H69N5O2/c1-76(2,3)49-39-47(40-50(44-49)77(4,5)6)73-80-74(48-41-51(78(7,8)9)45-52(42-48)79(10,11)12)82-75(81-73)60-43-46(33-36-64(60)84-63-30-20-15-27-59(63)70-66(84)38-35-57-55-25-17-22-32-68(55)86-72(57)70)53-23-13-18-28-61(53)83-62-29-19-14-26-58(62)69-65(83)37-34-56-54-24-16-21-31-67(54)85-71(56)69/h13-45H,1-12H3. The second-order valence-corrected chi connectivity index (χ2v) is 27.7. The summed E-state index contributed by atoms with van der Waals surface area (Å²) in [7, 11) is 0. The van der Waals surface area contributed by atoms with Crippen LogP contribution >= 0.6 is 0 Å². The Hall–Kier alpha value is -9.59. The van der Waals surface area contributed by atoms with Crippen molar-refractivity contribution in [2.75, 3.05) is 0 Å². The zero-order valence-corrected chi connectivity index (χ0v) is 51.1. The first-order chi connectivity index (χ1) is 41.2. The lowest BCUT2D eigenvalue weighted by atomic mass is 9.79. The zero-order valence-electron chi connectivity index (χ0n) is 51.1. The molecule has 0 spiro atoms. The van der Waals surface area contributed by atoms with E-state index in [2.05, 4.69) is 280 Å². The van der Waals surface area contributed by atoms with Gasteiger partial charge in [0.1, 0.15) is 22.3 Å². The van der Waals surface area contributed by atoms with Gasteiger partial charge in [-0.2, -0.15) is 0 Å². The minimum absolute atomic E-state index is 0.150. The van der Waals surface area contributed by atoms with Crippen molar-refractivity contribution < 1.29 is 8.83 Å². The van der Waals surface area contributed by atoms with Crippen molar-refractivity contribution in [3.05, 3.63) is 222 Å². The Balaban J connectivity index is 1.05. The minimum atomic E-state index is -0.150. The molecule has 5 heterocycles. The van der Waals surface area contributed by atoms with Crippen LogP contribution in [0.2, 0.25) is 0 Å². The molecule has 0 atom stereocenters. The molecule has 0 amide bonds. The topological polar surface area (TPSA) is 74.8 Å². The van der Waals surface area contributed by atoms with E-state index in [1.165, 1.54) is 22.3 Å². The van der Waals surface area contributed by atoms with Gasteiger partial charge in [0.15, 0.2) is 17.5 Å². The van der Waals surface area contributed by atoms with E-state index in [1.54, 1.807) is 0 Å². The Labute approximate surface area is 501 Å². The van der Waals surface area contributed by atoms with Crippen LogP contribution in [0.1, 0.15) is 105 Å². The summed E-state index contributed by atoms with van der Waals surface area (Å²) in [6.45, 7) is 27.4. The number of nitrogens with zero attached hydrogens (tertiary/aromatic N) is 5. The summed E-state index contributed by atoms with van der Waals surface area (Å²) in [4.78, 5) is 17.1. The smallest absolute Gasteiger partial charge is 0.166 e. The van der Waals surface area contributed by atoms with E-state index in [0.29, 0.717) is 17.5 Å². The van der Waals surface area contributed by atoms with Crippen molar-refractivity contribution in [3.8, 4) is 56.7 Å². The maximum atomic E-state index is 6.87. The number of fused-ring (bicyclic) bond motifs is 14. The first-order valence-corrected chi connectivity index (χ1v) is 30.2. The van der Waals surface area contributed by atoms with Crippen molar-refractivity contribution >= 4 is 87.5 Å². The Morgan fingerprint density at radius 2 is 0.674 bits per heavy atom. The number of hydrogen-bond acceptors (Lipinski definition) is 5. The van der Waals surface area contributed by atoms with Gasteiger partial charge in [0, 0.05) is 54.6 Å². The minimum Gasteiger partial charge on any atom is -0.455 e. The van der Waals surface area contributed by atoms with Gasteiger partial charge in [-0.25, -0.2) is 15.0 Å². The predicted molar refractivity (Wildman–Crippen MR) is 360 cm³/mol. The lowest BCUT2D eigenvalue weighted by molar-refractivity contribution is 0.568. The average Bonchev–Trinajstić information content (AvgIpc) is 1.56. The van der Waals surface area contributed by atoms with E-state index >= 15 is 0 Å². The van der Waals surface area contributed by atoms with Crippen LogP contribution in [-0.4, -0.2) is 24.1 Å². The van der Waals surface area contributed by atoms with Crippen molar-refractivity contribution in [1.29, 1.82) is 0 Å². The molecule has 422 valence electrons. The summed E-state index contributed by atoms with van der Waals surface area (Å²) >= 11 is 0. The molecule has 0 unspecified atom stereocenters. The molecule has 0 radical (unpaired) electrons. The van der Waals surface area contributed by atoms with E-state index in [9.17, 15) is 0 Å². The Morgan fingerprint density at radius 3 is 1.13 bits per heavy atom. The fraction of sp³-hybridized carbons (Fsp3) is 0.203. The van der Waals surface area contributed by atoms with Gasteiger partial charge in [-0.1, -0.05) is 192 Å². The molecule has 0 saturated heterocycles. The van der Waals surface area contributed by atoms with E-state index in [1.807, 2.05) is 12.1 Å². The lowest BCUT2D eigenvalue weighted by Gasteiger charge is -2.26. The van der Waals surface area contributed by atoms with Gasteiger partial charge in [-0.15, -0.1) is 0 Å². The molecule has 0 aliphatic carbocycles. The third-order valence-electron chi connectivity index (χ3n) is 17.8. The molecule has 86 heavy (non-hydrogen) atoms. The molecule has 15 rings (SSSR count). The van der Waals surface area contributed by atoms with Crippen molar-refractivity contribution in [1.82, 2.24) is 24.1 Å². The Morgan fingerprint density at radius 1 is 0.291 bits per heavy atom. The van der Waals surface area contributed by atoms with Crippen LogP contribution in [0, 0.1) is 0 Å². The van der Waals surface area contributed by atoms with Crippen LogP contribution in [0.3, 0.4) is 0 Å². The maximum Gasteiger partial charge on any atom is 0.166 e. The molecule has 7 heteroatoms. The first-order valence-electron chi connectivity index (χ1n) is 30.2. The molecule has 15 aromatic rings. The molecule has 0 fully saturated rings. The molecule has 0 bridgehead atoms. The van der Waals surface area contributed by atoms with E-state index in [4.69, 9.17) is 23.8 Å². The maximum absolute atomic E-state index is 6.87. The molecular formula is C79H69N5O2. The van der Waals surface area contributed by atoms with Gasteiger partial charge < -0.3 is 18.0 Å². The predicted octanol–water partition coefficient (Wildman–Crippen LogP) is 21.7. The largest absolute Gasteiger partial charge is 0.455 e. The second kappa shape index (κ2) is 19.0. The fourth-order valence-corrected chi connectivity index (χ4v) is 13.0. The molecule has 10 aromatic carbocycles. The quantitative estimate of drug-likeness (QED) is 0.166. The van der Waals surface area contributed by atoms with Crippen molar-refractivity contribution in [2.24, 2.45) is 0 Å². The molecule has 7 nitrogen and oxygen atoms in total. The number of furan rings is 2. The number of aromatic nitrogens is 5. The molecule has 5 aromatic heterocycles. The van der Waals surface area contributed by atoms with Crippen molar-refractivity contribution in [2.45, 2.75) is 105 Å². The number of rotatable bonds is 6. The number of benzene rings is 10. The lowest BCUT2D eigenvalue weighted by Crippen LogP contribution is -2.17. The van der Waals surface area contributed by atoms with Crippen LogP contribution in [-0.2, 0) is 21.7 Å². The second-order valence-electron chi connectivity index (χ2n) is 27.7. The van der Waals surface area contributed by atoms with Crippen LogP contribution in [0.15, 0.2) is 209 Å². The van der Waals surface area contributed by atoms with Gasteiger partial charge in [-0.3, -0.25) is 0 Å². The third-order valence-corrected chi connectivity index (χ3v) is 17.8.